The van der Waals surface area contributed by atoms with E-state index in [4.69, 9.17) is 0 Å². The van der Waals surface area contributed by atoms with Gasteiger partial charge >= 0.3 is 11.8 Å². The van der Waals surface area contributed by atoms with E-state index in [-0.39, 0.29) is 12.5 Å². The molecule has 1 aromatic heterocycles. The minimum Gasteiger partial charge on any atom is -0.388 e. The molecule has 3 rings (SSSR count). The van der Waals surface area contributed by atoms with Crippen LogP contribution in [0.5, 0.6) is 0 Å². The third-order valence-electron chi connectivity index (χ3n) is 4.33. The predicted molar refractivity (Wildman–Crippen MR) is 104 cm³/mol. The van der Waals surface area contributed by atoms with E-state index in [1.807, 2.05) is 16.8 Å². The summed E-state index contributed by atoms with van der Waals surface area (Å²) in [7, 11) is 0. The van der Waals surface area contributed by atoms with Crippen molar-refractivity contribution in [1.82, 2.24) is 5.32 Å². The molecule has 0 saturated carbocycles. The highest BCUT2D eigenvalue weighted by Gasteiger charge is 2.22. The fourth-order valence-corrected chi connectivity index (χ4v) is 3.60. The number of thiophene rings is 1. The molecule has 0 aliphatic carbocycles. The van der Waals surface area contributed by atoms with Crippen LogP contribution in [0, 0.1) is 0 Å². The lowest BCUT2D eigenvalue weighted by Gasteiger charge is -2.16. The molecule has 1 aliphatic heterocycles. The van der Waals surface area contributed by atoms with Crippen molar-refractivity contribution < 1.29 is 19.5 Å². The van der Waals surface area contributed by atoms with Crippen LogP contribution in [-0.2, 0) is 14.4 Å². The summed E-state index contributed by atoms with van der Waals surface area (Å²) in [5, 5.41) is 18.7. The van der Waals surface area contributed by atoms with Crippen molar-refractivity contribution in [3.63, 3.8) is 0 Å². The van der Waals surface area contributed by atoms with Gasteiger partial charge < -0.3 is 20.6 Å². The van der Waals surface area contributed by atoms with Crippen molar-refractivity contribution in [1.29, 1.82) is 0 Å². The lowest BCUT2D eigenvalue weighted by atomic mass is 10.1. The maximum Gasteiger partial charge on any atom is 0.313 e. The maximum atomic E-state index is 12.0. The molecule has 0 radical (unpaired) electrons. The Morgan fingerprint density at radius 2 is 2.11 bits per heavy atom. The number of aliphatic hydroxyl groups excluding tert-OH is 1. The molecule has 3 N–H and O–H groups in total. The van der Waals surface area contributed by atoms with Crippen LogP contribution in [-0.4, -0.2) is 35.9 Å². The largest absolute Gasteiger partial charge is 0.388 e. The first-order chi connectivity index (χ1) is 13.0. The molecule has 7 nitrogen and oxygen atoms in total. The van der Waals surface area contributed by atoms with Crippen molar-refractivity contribution in [2.24, 2.45) is 0 Å². The van der Waals surface area contributed by atoms with E-state index < -0.39 is 17.9 Å². The van der Waals surface area contributed by atoms with Gasteiger partial charge in [0.15, 0.2) is 0 Å². The Balaban J connectivity index is 1.49. The molecule has 0 unspecified atom stereocenters. The summed E-state index contributed by atoms with van der Waals surface area (Å²) < 4.78 is 0. The Bertz CT molecular complexity index is 822. The van der Waals surface area contributed by atoms with E-state index >= 15 is 0 Å². The third-order valence-corrected chi connectivity index (χ3v) is 5.03. The molecule has 8 heteroatoms. The normalized spacial score (nSPS) is 14.9. The van der Waals surface area contributed by atoms with Crippen LogP contribution < -0.4 is 15.5 Å². The second-order valence-electron chi connectivity index (χ2n) is 6.27. The number of benzene rings is 1. The van der Waals surface area contributed by atoms with Gasteiger partial charge in [-0.15, -0.1) is 0 Å². The van der Waals surface area contributed by atoms with Crippen LogP contribution >= 0.6 is 11.3 Å². The minimum absolute atomic E-state index is 0.0559. The van der Waals surface area contributed by atoms with Crippen molar-refractivity contribution in [3.05, 3.63) is 46.7 Å². The molecular formula is C19H21N3O4S. The fraction of sp³-hybridized carbons (Fsp3) is 0.316. The van der Waals surface area contributed by atoms with E-state index in [1.165, 1.54) is 11.3 Å². The number of nitrogens with zero attached hydrogens (tertiary/aromatic N) is 1. The van der Waals surface area contributed by atoms with Crippen LogP contribution in [0.2, 0.25) is 0 Å². The smallest absolute Gasteiger partial charge is 0.313 e. The summed E-state index contributed by atoms with van der Waals surface area (Å²) >= 11 is 1.49. The molecule has 3 amide bonds. The summed E-state index contributed by atoms with van der Waals surface area (Å²) in [6, 6.07) is 8.68. The van der Waals surface area contributed by atoms with Gasteiger partial charge in [-0.2, -0.15) is 11.3 Å². The Hall–Kier alpha value is -2.71. The van der Waals surface area contributed by atoms with Crippen LogP contribution in [0.15, 0.2) is 41.1 Å². The van der Waals surface area contributed by atoms with Crippen molar-refractivity contribution in [2.45, 2.75) is 25.4 Å². The van der Waals surface area contributed by atoms with Gasteiger partial charge in [-0.05, 0) is 53.4 Å². The summed E-state index contributed by atoms with van der Waals surface area (Å²) in [6.45, 7) is 0.842. The minimum atomic E-state index is -0.787. The Kier molecular flexibility index (Phi) is 6.20. The zero-order valence-electron chi connectivity index (χ0n) is 14.7. The first-order valence-electron chi connectivity index (χ1n) is 8.74. The van der Waals surface area contributed by atoms with Crippen molar-refractivity contribution in [3.8, 4) is 0 Å². The average Bonchev–Trinajstić information content (AvgIpc) is 3.33. The van der Waals surface area contributed by atoms with Gasteiger partial charge in [0.25, 0.3) is 0 Å². The highest BCUT2D eigenvalue weighted by molar-refractivity contribution is 7.07. The van der Waals surface area contributed by atoms with Gasteiger partial charge in [-0.3, -0.25) is 14.4 Å². The molecule has 1 saturated heterocycles. The zero-order chi connectivity index (χ0) is 19.2. The number of rotatable bonds is 6. The highest BCUT2D eigenvalue weighted by atomic mass is 32.1. The topological polar surface area (TPSA) is 98.7 Å². The number of carbonyl (C=O) groups excluding carboxylic acids is 3. The Labute approximate surface area is 161 Å². The van der Waals surface area contributed by atoms with E-state index in [0.29, 0.717) is 30.8 Å². The molecule has 2 heterocycles. The quantitative estimate of drug-likeness (QED) is 0.661. The van der Waals surface area contributed by atoms with E-state index in [9.17, 15) is 19.5 Å². The molecule has 1 fully saturated rings. The summed E-state index contributed by atoms with van der Waals surface area (Å²) in [6.07, 6.45) is 0.988. The van der Waals surface area contributed by atoms with Gasteiger partial charge in [-0.25, -0.2) is 0 Å². The fourth-order valence-electron chi connectivity index (χ4n) is 2.89. The van der Waals surface area contributed by atoms with Gasteiger partial charge in [0.1, 0.15) is 0 Å². The van der Waals surface area contributed by atoms with Crippen molar-refractivity contribution in [2.75, 3.05) is 23.3 Å². The molecular weight excluding hydrogens is 366 g/mol. The Morgan fingerprint density at radius 1 is 1.26 bits per heavy atom. The first-order valence-corrected chi connectivity index (χ1v) is 9.68. The van der Waals surface area contributed by atoms with Gasteiger partial charge in [0.2, 0.25) is 5.91 Å². The van der Waals surface area contributed by atoms with Crippen LogP contribution in [0.1, 0.15) is 30.9 Å². The number of nitrogens with one attached hydrogen (secondary N) is 2. The predicted octanol–water partition coefficient (Wildman–Crippen LogP) is 2.05. The van der Waals surface area contributed by atoms with E-state index in [1.54, 1.807) is 29.2 Å². The molecule has 27 heavy (non-hydrogen) atoms. The number of carbonyl (C=O) groups is 3. The second kappa shape index (κ2) is 8.79. The van der Waals surface area contributed by atoms with Gasteiger partial charge in [-0.1, -0.05) is 6.07 Å². The molecule has 1 aromatic carbocycles. The third kappa shape index (κ3) is 4.93. The zero-order valence-corrected chi connectivity index (χ0v) is 15.5. The molecule has 0 spiro atoms. The van der Waals surface area contributed by atoms with E-state index in [2.05, 4.69) is 10.6 Å². The van der Waals surface area contributed by atoms with Crippen LogP contribution in [0.4, 0.5) is 11.4 Å². The molecule has 0 bridgehead atoms. The van der Waals surface area contributed by atoms with Crippen molar-refractivity contribution >= 4 is 40.4 Å². The van der Waals surface area contributed by atoms with Crippen LogP contribution in [0.3, 0.4) is 0 Å². The Morgan fingerprint density at radius 3 is 2.81 bits per heavy atom. The number of hydrogen-bond donors (Lipinski definition) is 3. The first kappa shape index (κ1) is 19.1. The second-order valence-corrected chi connectivity index (χ2v) is 7.05. The summed E-state index contributed by atoms with van der Waals surface area (Å²) in [5.74, 6) is -1.50. The highest BCUT2D eigenvalue weighted by Crippen LogP contribution is 2.24. The average molecular weight is 387 g/mol. The molecule has 1 aliphatic rings. The standard InChI is InChI=1S/C19H21N3O4S/c23-16(13-7-10-27-12-13)6-8-20-18(25)19(26)21-14-3-1-4-15(11-14)22-9-2-5-17(22)24/h1,3-4,7,10-12,16,23H,2,5-6,8-9H2,(H,20,25)(H,21,26)/t16-/m0/s1. The lowest BCUT2D eigenvalue weighted by Crippen LogP contribution is -2.36. The monoisotopic (exact) mass is 387 g/mol. The number of aliphatic hydroxyl groups is 1. The SMILES string of the molecule is O=C(NCC[C@H](O)c1ccsc1)C(=O)Nc1cccc(N2CCCC2=O)c1. The molecule has 1 atom stereocenters. The lowest BCUT2D eigenvalue weighted by molar-refractivity contribution is -0.136. The van der Waals surface area contributed by atoms with Gasteiger partial charge in [0.05, 0.1) is 6.10 Å². The van der Waals surface area contributed by atoms with Crippen LogP contribution in [0.25, 0.3) is 0 Å². The maximum absolute atomic E-state index is 12.0. The number of hydrogen-bond acceptors (Lipinski definition) is 5. The molecule has 142 valence electrons. The number of amides is 3. The van der Waals surface area contributed by atoms with E-state index in [0.717, 1.165) is 12.0 Å². The van der Waals surface area contributed by atoms with Gasteiger partial charge in [0, 0.05) is 30.9 Å². The summed E-state index contributed by atoms with van der Waals surface area (Å²) in [5.41, 5.74) is 1.95. The summed E-state index contributed by atoms with van der Waals surface area (Å²) in [4.78, 5) is 37.5. The number of anilines is 2. The molecule has 2 aromatic rings.